The molecule has 0 radical (unpaired) electrons. The summed E-state index contributed by atoms with van der Waals surface area (Å²) in [5, 5.41) is 11.7. The van der Waals surface area contributed by atoms with Crippen molar-refractivity contribution >= 4 is 5.96 Å². The Hall–Kier alpha value is -0.770. The molecule has 1 atom stereocenters. The van der Waals surface area contributed by atoms with Crippen LogP contribution in [0.5, 0.6) is 0 Å². The van der Waals surface area contributed by atoms with Crippen LogP contribution >= 0.6 is 0 Å². The predicted molar refractivity (Wildman–Crippen MR) is 51.0 cm³/mol. The number of aliphatic hydroxyl groups excluding tert-OH is 1. The molecule has 1 unspecified atom stereocenters. The predicted octanol–water partition coefficient (Wildman–Crippen LogP) is -0.0725. The molecular weight excluding hydrogens is 154 g/mol. The fourth-order valence-electron chi connectivity index (χ4n) is 0.589. The number of hydrogen-bond donors (Lipinski definition) is 3. The molecule has 0 aromatic carbocycles. The van der Waals surface area contributed by atoms with E-state index in [2.05, 4.69) is 24.2 Å². The minimum atomic E-state index is -0.391. The third kappa shape index (κ3) is 7.34. The van der Waals surface area contributed by atoms with E-state index in [1.54, 1.807) is 6.92 Å². The van der Waals surface area contributed by atoms with Crippen molar-refractivity contribution in [3.05, 3.63) is 0 Å². The van der Waals surface area contributed by atoms with E-state index in [4.69, 9.17) is 10.8 Å². The van der Waals surface area contributed by atoms with E-state index in [9.17, 15) is 0 Å². The van der Waals surface area contributed by atoms with Crippen molar-refractivity contribution in [1.29, 1.82) is 0 Å². The maximum Gasteiger partial charge on any atom is 0.188 e. The molecule has 0 spiro atoms. The summed E-state index contributed by atoms with van der Waals surface area (Å²) >= 11 is 0. The van der Waals surface area contributed by atoms with E-state index in [1.165, 1.54) is 0 Å². The Labute approximate surface area is 73.9 Å². The fourth-order valence-corrected chi connectivity index (χ4v) is 0.589. The van der Waals surface area contributed by atoms with Gasteiger partial charge in [-0.2, -0.15) is 0 Å². The van der Waals surface area contributed by atoms with Crippen molar-refractivity contribution in [3.8, 4) is 0 Å². The van der Waals surface area contributed by atoms with Gasteiger partial charge >= 0.3 is 0 Å². The van der Waals surface area contributed by atoms with Crippen LogP contribution in [0.15, 0.2) is 4.99 Å². The molecule has 0 amide bonds. The van der Waals surface area contributed by atoms with Crippen LogP contribution in [-0.4, -0.2) is 30.3 Å². The number of hydrogen-bond acceptors (Lipinski definition) is 2. The molecular formula is C8H19N3O. The highest BCUT2D eigenvalue weighted by Gasteiger charge is 1.96. The Morgan fingerprint density at radius 2 is 2.08 bits per heavy atom. The third-order valence-electron chi connectivity index (χ3n) is 1.21. The van der Waals surface area contributed by atoms with Gasteiger partial charge in [-0.15, -0.1) is 0 Å². The standard InChI is InChI=1S/C8H19N3O/c1-6(2)4-10-8(9)11-5-7(3)12/h6-7,12H,4-5H2,1-3H3,(H3,9,10,11). The van der Waals surface area contributed by atoms with Crippen LogP contribution in [0.3, 0.4) is 0 Å². The lowest BCUT2D eigenvalue weighted by atomic mass is 10.2. The van der Waals surface area contributed by atoms with Crippen molar-refractivity contribution in [3.63, 3.8) is 0 Å². The number of aliphatic imine (C=N–C) groups is 1. The second-order valence-electron chi connectivity index (χ2n) is 3.35. The van der Waals surface area contributed by atoms with Crippen molar-refractivity contribution in [1.82, 2.24) is 5.32 Å². The van der Waals surface area contributed by atoms with E-state index in [-0.39, 0.29) is 0 Å². The van der Waals surface area contributed by atoms with Crippen molar-refractivity contribution < 1.29 is 5.11 Å². The molecule has 12 heavy (non-hydrogen) atoms. The highest BCUT2D eigenvalue weighted by Crippen LogP contribution is 1.90. The molecule has 0 bridgehead atoms. The molecule has 4 heteroatoms. The van der Waals surface area contributed by atoms with Gasteiger partial charge < -0.3 is 16.2 Å². The normalized spacial score (nSPS) is 14.9. The first kappa shape index (κ1) is 11.2. The summed E-state index contributed by atoms with van der Waals surface area (Å²) in [5.41, 5.74) is 5.50. The molecule has 4 N–H and O–H groups in total. The third-order valence-corrected chi connectivity index (χ3v) is 1.21. The van der Waals surface area contributed by atoms with Gasteiger partial charge in [0.25, 0.3) is 0 Å². The zero-order chi connectivity index (χ0) is 9.56. The van der Waals surface area contributed by atoms with Gasteiger partial charge in [-0.1, -0.05) is 13.8 Å². The van der Waals surface area contributed by atoms with Gasteiger partial charge in [-0.05, 0) is 12.8 Å². The number of nitrogens with zero attached hydrogens (tertiary/aromatic N) is 1. The molecule has 0 aromatic heterocycles. The molecule has 0 heterocycles. The number of nitrogens with one attached hydrogen (secondary N) is 1. The summed E-state index contributed by atoms with van der Waals surface area (Å²) in [5.74, 6) is 0.918. The summed E-state index contributed by atoms with van der Waals surface area (Å²) in [6.45, 7) is 7.02. The lowest BCUT2D eigenvalue weighted by molar-refractivity contribution is 0.198. The summed E-state index contributed by atoms with van der Waals surface area (Å²) in [6.07, 6.45) is -0.391. The maximum atomic E-state index is 8.91. The van der Waals surface area contributed by atoms with Gasteiger partial charge in [0, 0.05) is 13.1 Å². The number of nitrogens with two attached hydrogens (primary N) is 1. The molecule has 0 rings (SSSR count). The smallest absolute Gasteiger partial charge is 0.188 e. The molecule has 0 aliphatic heterocycles. The van der Waals surface area contributed by atoms with Crippen molar-refractivity contribution in [2.75, 3.05) is 13.1 Å². The van der Waals surface area contributed by atoms with Crippen LogP contribution in [0, 0.1) is 5.92 Å². The summed E-state index contributed by atoms with van der Waals surface area (Å²) < 4.78 is 0. The van der Waals surface area contributed by atoms with E-state index >= 15 is 0 Å². The van der Waals surface area contributed by atoms with E-state index < -0.39 is 6.10 Å². The number of rotatable bonds is 4. The average molecular weight is 173 g/mol. The number of guanidine groups is 1. The molecule has 0 aliphatic carbocycles. The summed E-state index contributed by atoms with van der Waals surface area (Å²) in [7, 11) is 0. The van der Waals surface area contributed by atoms with Crippen LogP contribution in [0.25, 0.3) is 0 Å². The van der Waals surface area contributed by atoms with Gasteiger partial charge in [-0.3, -0.25) is 4.99 Å². The van der Waals surface area contributed by atoms with Crippen molar-refractivity contribution in [2.24, 2.45) is 16.6 Å². The summed E-state index contributed by atoms with van der Waals surface area (Å²) in [4.78, 5) is 4.07. The molecule has 0 saturated heterocycles. The fraction of sp³-hybridized carbons (Fsp3) is 0.875. The van der Waals surface area contributed by atoms with E-state index in [1.807, 2.05) is 0 Å². The SMILES string of the molecule is CC(C)CN=C(N)NCC(C)O. The molecule has 0 fully saturated rings. The lowest BCUT2D eigenvalue weighted by Gasteiger charge is -2.07. The van der Waals surface area contributed by atoms with Gasteiger partial charge in [-0.25, -0.2) is 0 Å². The van der Waals surface area contributed by atoms with Crippen LogP contribution < -0.4 is 11.1 Å². The largest absolute Gasteiger partial charge is 0.392 e. The molecule has 0 saturated carbocycles. The highest BCUT2D eigenvalue weighted by molar-refractivity contribution is 5.77. The zero-order valence-corrected chi connectivity index (χ0v) is 8.04. The van der Waals surface area contributed by atoms with Gasteiger partial charge in [0.1, 0.15) is 0 Å². The Kier molecular flexibility index (Phi) is 5.45. The zero-order valence-electron chi connectivity index (χ0n) is 8.04. The van der Waals surface area contributed by atoms with Gasteiger partial charge in [0.2, 0.25) is 0 Å². The molecule has 0 aliphatic rings. The Balaban J connectivity index is 3.56. The second kappa shape index (κ2) is 5.83. The van der Waals surface area contributed by atoms with Crippen LogP contribution in [0.4, 0.5) is 0 Å². The highest BCUT2D eigenvalue weighted by atomic mass is 16.3. The van der Waals surface area contributed by atoms with Crippen LogP contribution in [0.2, 0.25) is 0 Å². The Morgan fingerprint density at radius 1 is 1.50 bits per heavy atom. The lowest BCUT2D eigenvalue weighted by Crippen LogP contribution is -2.36. The van der Waals surface area contributed by atoms with Gasteiger partial charge in [0.15, 0.2) is 5.96 Å². The first-order chi connectivity index (χ1) is 5.52. The van der Waals surface area contributed by atoms with Crippen LogP contribution in [-0.2, 0) is 0 Å². The minimum absolute atomic E-state index is 0.391. The Bertz CT molecular complexity index is 143. The number of aliphatic hydroxyl groups is 1. The maximum absolute atomic E-state index is 8.91. The first-order valence-electron chi connectivity index (χ1n) is 4.24. The topological polar surface area (TPSA) is 70.6 Å². The molecule has 4 nitrogen and oxygen atoms in total. The first-order valence-corrected chi connectivity index (χ1v) is 4.24. The summed E-state index contributed by atoms with van der Waals surface area (Å²) in [6, 6.07) is 0. The van der Waals surface area contributed by atoms with Crippen LogP contribution in [0.1, 0.15) is 20.8 Å². The Morgan fingerprint density at radius 3 is 2.50 bits per heavy atom. The quantitative estimate of drug-likeness (QED) is 0.411. The van der Waals surface area contributed by atoms with E-state index in [0.29, 0.717) is 18.4 Å². The van der Waals surface area contributed by atoms with Gasteiger partial charge in [0.05, 0.1) is 6.10 Å². The molecule has 72 valence electrons. The average Bonchev–Trinajstić information content (AvgIpc) is 1.96. The molecule has 0 aromatic rings. The van der Waals surface area contributed by atoms with E-state index in [0.717, 1.165) is 6.54 Å². The van der Waals surface area contributed by atoms with Crippen molar-refractivity contribution in [2.45, 2.75) is 26.9 Å². The second-order valence-corrected chi connectivity index (χ2v) is 3.35. The minimum Gasteiger partial charge on any atom is -0.392 e. The monoisotopic (exact) mass is 173 g/mol.